The van der Waals surface area contributed by atoms with Crippen LogP contribution in [0.25, 0.3) is 0 Å². The molecule has 0 spiro atoms. The van der Waals surface area contributed by atoms with Crippen LogP contribution in [0.1, 0.15) is 27.2 Å². The molecule has 60 valence electrons. The highest BCUT2D eigenvalue weighted by Gasteiger charge is 2.40. The van der Waals surface area contributed by atoms with Crippen LogP contribution in [0.3, 0.4) is 0 Å². The largest absolute Gasteiger partial charge is 0.386 e. The molecule has 0 heterocycles. The van der Waals surface area contributed by atoms with Crippen molar-refractivity contribution in [1.82, 2.24) is 0 Å². The molecule has 0 rings (SSSR count). The van der Waals surface area contributed by atoms with Crippen LogP contribution in [0.4, 0.5) is 0 Å². The summed E-state index contributed by atoms with van der Waals surface area (Å²) in [5, 5.41) is 19.3. The zero-order valence-corrected chi connectivity index (χ0v) is 6.50. The number of nitrogens with zero attached hydrogens (tertiary/aromatic N) is 1. The van der Waals surface area contributed by atoms with E-state index in [9.17, 15) is 10.1 Å². The Kier molecular flexibility index (Phi) is 2.77. The second-order valence-electron chi connectivity index (χ2n) is 2.64. The van der Waals surface area contributed by atoms with Gasteiger partial charge in [0.25, 0.3) is 0 Å². The highest BCUT2D eigenvalue weighted by atomic mass is 16.6. The minimum Gasteiger partial charge on any atom is -0.386 e. The average molecular weight is 147 g/mol. The maximum Gasteiger partial charge on any atom is 0.244 e. The quantitative estimate of drug-likeness (QED) is 0.474. The Bertz CT molecular complexity index is 135. The fourth-order valence-corrected chi connectivity index (χ4v) is 0.577. The normalized spacial score (nSPS) is 19.6. The molecule has 2 unspecified atom stereocenters. The molecule has 0 amide bonds. The van der Waals surface area contributed by atoms with E-state index in [1.165, 1.54) is 13.8 Å². The van der Waals surface area contributed by atoms with E-state index in [2.05, 4.69) is 0 Å². The van der Waals surface area contributed by atoms with Crippen LogP contribution in [-0.2, 0) is 0 Å². The predicted molar refractivity (Wildman–Crippen MR) is 37.4 cm³/mol. The van der Waals surface area contributed by atoms with Crippen molar-refractivity contribution >= 4 is 0 Å². The van der Waals surface area contributed by atoms with E-state index in [1.807, 2.05) is 0 Å². The number of rotatable bonds is 3. The van der Waals surface area contributed by atoms with Crippen molar-refractivity contribution in [3.8, 4) is 0 Å². The molecule has 1 N–H and O–H groups in total. The van der Waals surface area contributed by atoms with Crippen molar-refractivity contribution in [1.29, 1.82) is 0 Å². The Morgan fingerprint density at radius 1 is 1.80 bits per heavy atom. The van der Waals surface area contributed by atoms with E-state index in [0.717, 1.165) is 0 Å². The van der Waals surface area contributed by atoms with Gasteiger partial charge < -0.3 is 5.11 Å². The molecule has 0 aromatic heterocycles. The summed E-state index contributed by atoms with van der Waals surface area (Å²) < 4.78 is 0. The number of hydrogen-bond acceptors (Lipinski definition) is 3. The topological polar surface area (TPSA) is 63.4 Å². The summed E-state index contributed by atoms with van der Waals surface area (Å²) in [7, 11) is 0. The van der Waals surface area contributed by atoms with Crippen molar-refractivity contribution in [3.05, 3.63) is 10.1 Å². The van der Waals surface area contributed by atoms with Gasteiger partial charge in [0, 0.05) is 18.3 Å². The Morgan fingerprint density at radius 2 is 2.20 bits per heavy atom. The average Bonchev–Trinajstić information content (AvgIpc) is 1.85. The molecular formula is C6H13NO3. The zero-order chi connectivity index (χ0) is 8.36. The molecule has 0 fully saturated rings. The first-order valence-electron chi connectivity index (χ1n) is 3.27. The van der Waals surface area contributed by atoms with Gasteiger partial charge >= 0.3 is 0 Å². The van der Waals surface area contributed by atoms with Crippen molar-refractivity contribution in [3.63, 3.8) is 0 Å². The third-order valence-corrected chi connectivity index (χ3v) is 2.03. The summed E-state index contributed by atoms with van der Waals surface area (Å²) >= 11 is 0. The van der Waals surface area contributed by atoms with Gasteiger partial charge in [0.2, 0.25) is 5.54 Å². The van der Waals surface area contributed by atoms with E-state index in [-0.39, 0.29) is 0 Å². The fraction of sp³-hybridized carbons (Fsp3) is 1.00. The van der Waals surface area contributed by atoms with Crippen LogP contribution in [0.5, 0.6) is 0 Å². The maximum atomic E-state index is 10.3. The van der Waals surface area contributed by atoms with E-state index >= 15 is 0 Å². The molecule has 0 radical (unpaired) electrons. The maximum absolute atomic E-state index is 10.3. The highest BCUT2D eigenvalue weighted by molar-refractivity contribution is 4.77. The van der Waals surface area contributed by atoms with Crippen LogP contribution in [0.2, 0.25) is 0 Å². The van der Waals surface area contributed by atoms with Gasteiger partial charge in [0.15, 0.2) is 0 Å². The van der Waals surface area contributed by atoms with Gasteiger partial charge in [-0.25, -0.2) is 0 Å². The van der Waals surface area contributed by atoms with E-state index in [4.69, 9.17) is 5.11 Å². The third-order valence-electron chi connectivity index (χ3n) is 2.03. The lowest BCUT2D eigenvalue weighted by molar-refractivity contribution is -0.577. The minimum absolute atomic E-state index is 0.345. The molecule has 0 aliphatic carbocycles. The summed E-state index contributed by atoms with van der Waals surface area (Å²) in [6.45, 7) is 4.57. The molecule has 0 saturated carbocycles. The summed E-state index contributed by atoms with van der Waals surface area (Å²) in [5.41, 5.74) is -1.18. The second kappa shape index (κ2) is 2.96. The van der Waals surface area contributed by atoms with Crippen LogP contribution >= 0.6 is 0 Å². The van der Waals surface area contributed by atoms with Crippen LogP contribution in [0, 0.1) is 10.1 Å². The van der Waals surface area contributed by atoms with Gasteiger partial charge in [-0.1, -0.05) is 6.92 Å². The summed E-state index contributed by atoms with van der Waals surface area (Å²) in [5.74, 6) is 0. The van der Waals surface area contributed by atoms with Gasteiger partial charge in [-0.2, -0.15) is 0 Å². The lowest BCUT2D eigenvalue weighted by atomic mass is 9.94. The molecule has 4 nitrogen and oxygen atoms in total. The van der Waals surface area contributed by atoms with Gasteiger partial charge in [0.05, 0.1) is 0 Å². The number of nitro groups is 1. The van der Waals surface area contributed by atoms with Crippen molar-refractivity contribution in [2.45, 2.75) is 38.8 Å². The Morgan fingerprint density at radius 3 is 2.20 bits per heavy atom. The molecule has 4 heteroatoms. The van der Waals surface area contributed by atoms with Gasteiger partial charge in [-0.15, -0.1) is 0 Å². The third kappa shape index (κ3) is 1.44. The standard InChI is InChI=1S/C6H13NO3/c1-4-6(3,5(2)8)7(9)10/h5,8H,4H2,1-3H3. The van der Waals surface area contributed by atoms with Crippen LogP contribution in [0.15, 0.2) is 0 Å². The Hall–Kier alpha value is -0.640. The highest BCUT2D eigenvalue weighted by Crippen LogP contribution is 2.18. The first-order chi connectivity index (χ1) is 4.45. The fourth-order valence-electron chi connectivity index (χ4n) is 0.577. The molecule has 0 aliphatic rings. The zero-order valence-electron chi connectivity index (χ0n) is 6.50. The lowest BCUT2D eigenvalue weighted by Gasteiger charge is -2.21. The number of hydrogen-bond donors (Lipinski definition) is 1. The van der Waals surface area contributed by atoms with Gasteiger partial charge in [-0.3, -0.25) is 10.1 Å². The van der Waals surface area contributed by atoms with E-state index in [0.29, 0.717) is 6.42 Å². The Labute approximate surface area is 60.0 Å². The first-order valence-corrected chi connectivity index (χ1v) is 3.27. The molecule has 0 aromatic rings. The molecular weight excluding hydrogens is 134 g/mol. The van der Waals surface area contributed by atoms with Crippen LogP contribution < -0.4 is 0 Å². The Balaban J connectivity index is 4.38. The predicted octanol–water partition coefficient (Wildman–Crippen LogP) is 0.813. The summed E-state index contributed by atoms with van der Waals surface area (Å²) in [6.07, 6.45) is -0.551. The van der Waals surface area contributed by atoms with E-state index in [1.54, 1.807) is 6.92 Å². The SMILES string of the molecule is CCC(C)(C(C)O)[N+](=O)[O-]. The second-order valence-corrected chi connectivity index (χ2v) is 2.64. The first kappa shape index (κ1) is 9.36. The van der Waals surface area contributed by atoms with Crippen LogP contribution in [-0.4, -0.2) is 21.7 Å². The molecule has 0 bridgehead atoms. The van der Waals surface area contributed by atoms with Crippen molar-refractivity contribution < 1.29 is 10.0 Å². The minimum atomic E-state index is -1.18. The molecule has 10 heavy (non-hydrogen) atoms. The van der Waals surface area contributed by atoms with E-state index < -0.39 is 16.6 Å². The summed E-state index contributed by atoms with van der Waals surface area (Å²) in [6, 6.07) is 0. The monoisotopic (exact) mass is 147 g/mol. The van der Waals surface area contributed by atoms with Crippen molar-refractivity contribution in [2.75, 3.05) is 0 Å². The lowest BCUT2D eigenvalue weighted by Crippen LogP contribution is -2.44. The molecule has 2 atom stereocenters. The smallest absolute Gasteiger partial charge is 0.244 e. The molecule has 0 aromatic carbocycles. The number of aliphatic hydroxyl groups excluding tert-OH is 1. The van der Waals surface area contributed by atoms with Crippen molar-refractivity contribution in [2.24, 2.45) is 0 Å². The number of aliphatic hydroxyl groups is 1. The molecule has 0 aliphatic heterocycles. The molecule has 0 saturated heterocycles. The summed E-state index contributed by atoms with van der Waals surface area (Å²) in [4.78, 5) is 9.91. The van der Waals surface area contributed by atoms with Gasteiger partial charge in [-0.05, 0) is 6.92 Å². The van der Waals surface area contributed by atoms with Gasteiger partial charge in [0.1, 0.15) is 6.10 Å².